The summed E-state index contributed by atoms with van der Waals surface area (Å²) < 4.78 is 4.76. The maximum Gasteiger partial charge on any atom is 0.328 e. The number of ether oxygens (including phenoxy) is 1. The molecule has 1 aromatic carbocycles. The first-order valence-corrected chi connectivity index (χ1v) is 7.90. The van der Waals surface area contributed by atoms with E-state index in [9.17, 15) is 19.2 Å². The zero-order valence-electron chi connectivity index (χ0n) is 14.1. The summed E-state index contributed by atoms with van der Waals surface area (Å²) in [5.74, 6) is -2.06. The second-order valence-electron chi connectivity index (χ2n) is 5.49. The van der Waals surface area contributed by atoms with Gasteiger partial charge >= 0.3 is 12.0 Å². The van der Waals surface area contributed by atoms with Gasteiger partial charge in [0.1, 0.15) is 6.04 Å². The van der Waals surface area contributed by atoms with Gasteiger partial charge in [-0.05, 0) is 45.0 Å². The Bertz CT molecular complexity index is 646. The van der Waals surface area contributed by atoms with Crippen LogP contribution in [0.2, 0.25) is 5.02 Å². The van der Waals surface area contributed by atoms with E-state index in [1.54, 1.807) is 26.0 Å². The summed E-state index contributed by atoms with van der Waals surface area (Å²) in [5, 5.41) is 7.39. The Morgan fingerprint density at radius 1 is 1.04 bits per heavy atom. The van der Waals surface area contributed by atoms with E-state index in [4.69, 9.17) is 16.3 Å². The molecule has 9 heteroatoms. The molecule has 0 fully saturated rings. The second-order valence-corrected chi connectivity index (χ2v) is 5.92. The molecule has 136 valence electrons. The van der Waals surface area contributed by atoms with Crippen LogP contribution in [-0.2, 0) is 14.3 Å². The van der Waals surface area contributed by atoms with Crippen LogP contribution in [-0.4, -0.2) is 42.5 Å². The molecule has 8 nitrogen and oxygen atoms in total. The van der Waals surface area contributed by atoms with E-state index in [0.29, 0.717) is 10.6 Å². The van der Waals surface area contributed by atoms with E-state index < -0.39 is 36.5 Å². The third-order valence-electron chi connectivity index (χ3n) is 2.83. The van der Waals surface area contributed by atoms with E-state index >= 15 is 0 Å². The summed E-state index contributed by atoms with van der Waals surface area (Å²) in [6.07, 6.45) is 0. The number of nitrogens with one attached hydrogen (secondary N) is 3. The average molecular weight is 370 g/mol. The highest BCUT2D eigenvalue weighted by atomic mass is 35.5. The van der Waals surface area contributed by atoms with Crippen LogP contribution in [0.1, 0.15) is 31.1 Å². The maximum absolute atomic E-state index is 12.0. The van der Waals surface area contributed by atoms with Crippen molar-refractivity contribution in [2.45, 2.75) is 32.9 Å². The van der Waals surface area contributed by atoms with Crippen molar-refractivity contribution >= 4 is 35.4 Å². The van der Waals surface area contributed by atoms with Gasteiger partial charge in [-0.3, -0.25) is 14.9 Å². The molecule has 4 amide bonds. The summed E-state index contributed by atoms with van der Waals surface area (Å²) in [6, 6.07) is 4.32. The van der Waals surface area contributed by atoms with Crippen LogP contribution in [0.4, 0.5) is 4.79 Å². The van der Waals surface area contributed by atoms with Gasteiger partial charge in [0.2, 0.25) is 0 Å². The zero-order chi connectivity index (χ0) is 19.0. The van der Waals surface area contributed by atoms with Gasteiger partial charge in [-0.15, -0.1) is 0 Å². The minimum atomic E-state index is -0.972. The van der Waals surface area contributed by atoms with Gasteiger partial charge in [-0.1, -0.05) is 11.6 Å². The van der Waals surface area contributed by atoms with Crippen molar-refractivity contribution in [3.63, 3.8) is 0 Å². The molecule has 0 heterocycles. The van der Waals surface area contributed by atoms with Crippen LogP contribution in [0.25, 0.3) is 0 Å². The Morgan fingerprint density at radius 2 is 1.64 bits per heavy atom. The van der Waals surface area contributed by atoms with Gasteiger partial charge in [0.15, 0.2) is 6.61 Å². The van der Waals surface area contributed by atoms with Crippen molar-refractivity contribution in [3.8, 4) is 0 Å². The molecule has 1 aromatic rings. The second kappa shape index (κ2) is 9.63. The number of carbonyl (C=O) groups excluding carboxylic acids is 4. The van der Waals surface area contributed by atoms with Crippen LogP contribution in [0.3, 0.4) is 0 Å². The molecule has 1 atom stereocenters. The van der Waals surface area contributed by atoms with Crippen molar-refractivity contribution in [2.24, 2.45) is 0 Å². The smallest absolute Gasteiger partial charge is 0.328 e. The summed E-state index contributed by atoms with van der Waals surface area (Å²) >= 11 is 5.73. The number of halogens is 1. The topological polar surface area (TPSA) is 114 Å². The number of urea groups is 1. The first kappa shape index (κ1) is 20.4. The first-order chi connectivity index (χ1) is 11.7. The number of hydrogen-bond acceptors (Lipinski definition) is 5. The lowest BCUT2D eigenvalue weighted by molar-refractivity contribution is -0.149. The van der Waals surface area contributed by atoms with E-state index in [1.807, 2.05) is 5.32 Å². The highest BCUT2D eigenvalue weighted by molar-refractivity contribution is 6.30. The van der Waals surface area contributed by atoms with E-state index in [0.717, 1.165) is 0 Å². The van der Waals surface area contributed by atoms with Gasteiger partial charge in [0, 0.05) is 16.6 Å². The molecular weight excluding hydrogens is 350 g/mol. The summed E-state index contributed by atoms with van der Waals surface area (Å²) in [6.45, 7) is 4.25. The number of rotatable bonds is 6. The van der Waals surface area contributed by atoms with Crippen LogP contribution in [0, 0.1) is 0 Å². The number of benzene rings is 1. The molecule has 25 heavy (non-hydrogen) atoms. The number of esters is 1. The van der Waals surface area contributed by atoms with Crippen LogP contribution in [0.15, 0.2) is 24.3 Å². The lowest BCUT2D eigenvalue weighted by Crippen LogP contribution is -2.45. The molecule has 3 N–H and O–H groups in total. The third-order valence-corrected chi connectivity index (χ3v) is 3.08. The Labute approximate surface area is 150 Å². The fraction of sp³-hybridized carbons (Fsp3) is 0.375. The Hall–Kier alpha value is -2.61. The van der Waals surface area contributed by atoms with Gasteiger partial charge in [-0.25, -0.2) is 9.59 Å². The van der Waals surface area contributed by atoms with Gasteiger partial charge < -0.3 is 15.4 Å². The molecular formula is C16H20ClN3O5. The fourth-order valence-electron chi connectivity index (χ4n) is 1.66. The predicted octanol–water partition coefficient (Wildman–Crippen LogP) is 1.24. The SMILES string of the molecule is CC(C)NC(=O)NC(=O)COC(=O)[C@H](C)NC(=O)c1ccc(Cl)cc1. The van der Waals surface area contributed by atoms with Crippen molar-refractivity contribution in [2.75, 3.05) is 6.61 Å². The van der Waals surface area contributed by atoms with Crippen LogP contribution >= 0.6 is 11.6 Å². The van der Waals surface area contributed by atoms with E-state index in [-0.39, 0.29) is 6.04 Å². The van der Waals surface area contributed by atoms with Crippen LogP contribution in [0.5, 0.6) is 0 Å². The first-order valence-electron chi connectivity index (χ1n) is 7.52. The fourth-order valence-corrected chi connectivity index (χ4v) is 1.79. The van der Waals surface area contributed by atoms with Gasteiger partial charge in [0.05, 0.1) is 0 Å². The highest BCUT2D eigenvalue weighted by Crippen LogP contribution is 2.09. The van der Waals surface area contributed by atoms with Crippen molar-refractivity contribution in [3.05, 3.63) is 34.9 Å². The van der Waals surface area contributed by atoms with Crippen LogP contribution < -0.4 is 16.0 Å². The largest absolute Gasteiger partial charge is 0.454 e. The molecule has 0 aromatic heterocycles. The molecule has 0 unspecified atom stereocenters. The molecule has 0 saturated carbocycles. The number of imide groups is 1. The molecule has 1 rings (SSSR count). The lowest BCUT2D eigenvalue weighted by Gasteiger charge is -2.14. The van der Waals surface area contributed by atoms with E-state index in [1.165, 1.54) is 19.1 Å². The summed E-state index contributed by atoms with van der Waals surface area (Å²) in [4.78, 5) is 46.6. The minimum absolute atomic E-state index is 0.140. The van der Waals surface area contributed by atoms with Gasteiger partial charge in [0.25, 0.3) is 11.8 Å². The number of carbonyl (C=O) groups is 4. The third kappa shape index (κ3) is 7.67. The molecule has 0 aliphatic heterocycles. The van der Waals surface area contributed by atoms with E-state index in [2.05, 4.69) is 10.6 Å². The minimum Gasteiger partial charge on any atom is -0.454 e. The standard InChI is InChI=1S/C16H20ClN3O5/c1-9(2)18-16(24)20-13(21)8-25-15(23)10(3)19-14(22)11-4-6-12(17)7-5-11/h4-7,9-10H,8H2,1-3H3,(H,19,22)(H2,18,20,21,24)/t10-/m0/s1. The van der Waals surface area contributed by atoms with Gasteiger partial charge in [-0.2, -0.15) is 0 Å². The van der Waals surface area contributed by atoms with Crippen molar-refractivity contribution in [1.82, 2.24) is 16.0 Å². The summed E-state index contributed by atoms with van der Waals surface area (Å²) in [7, 11) is 0. The molecule has 0 bridgehead atoms. The predicted molar refractivity (Wildman–Crippen MR) is 91.1 cm³/mol. The Morgan fingerprint density at radius 3 is 2.20 bits per heavy atom. The quantitative estimate of drug-likeness (QED) is 0.653. The molecule has 0 radical (unpaired) electrons. The lowest BCUT2D eigenvalue weighted by atomic mass is 10.2. The van der Waals surface area contributed by atoms with Crippen molar-refractivity contribution in [1.29, 1.82) is 0 Å². The molecule has 0 aliphatic carbocycles. The Balaban J connectivity index is 2.41. The normalized spacial score (nSPS) is 11.4. The highest BCUT2D eigenvalue weighted by Gasteiger charge is 2.19. The summed E-state index contributed by atoms with van der Waals surface area (Å²) in [5.41, 5.74) is 0.326. The molecule has 0 spiro atoms. The molecule has 0 saturated heterocycles. The van der Waals surface area contributed by atoms with Crippen molar-refractivity contribution < 1.29 is 23.9 Å². The average Bonchev–Trinajstić information content (AvgIpc) is 2.52. The zero-order valence-corrected chi connectivity index (χ0v) is 14.8. The maximum atomic E-state index is 12.0. The Kier molecular flexibility index (Phi) is 7.87. The molecule has 0 aliphatic rings. The monoisotopic (exact) mass is 369 g/mol. The number of amides is 4. The number of hydrogen-bond donors (Lipinski definition) is 3.